The summed E-state index contributed by atoms with van der Waals surface area (Å²) in [6.45, 7) is 20.0. The van der Waals surface area contributed by atoms with Crippen LogP contribution in [0.25, 0.3) is 10.9 Å². The number of methoxy groups -OCH3 is 2. The third-order valence-corrected chi connectivity index (χ3v) is 16.2. The Morgan fingerprint density at radius 2 is 1.55 bits per heavy atom. The average Bonchev–Trinajstić information content (AvgIpc) is 3.37. The van der Waals surface area contributed by atoms with Crippen LogP contribution in [-0.4, -0.2) is 186 Å². The Morgan fingerprint density at radius 3 is 2.16 bits per heavy atom. The number of cyclic esters (lactones) is 1. The van der Waals surface area contributed by atoms with Crippen LogP contribution in [0.5, 0.6) is 5.75 Å². The van der Waals surface area contributed by atoms with Crippen LogP contribution in [0, 0.1) is 23.7 Å². The van der Waals surface area contributed by atoms with Crippen molar-refractivity contribution in [3.05, 3.63) is 40.2 Å². The molecule has 0 bridgehead atoms. The lowest BCUT2D eigenvalue weighted by atomic mass is 9.74. The summed E-state index contributed by atoms with van der Waals surface area (Å²) in [4.78, 5) is 68.5. The van der Waals surface area contributed by atoms with Crippen LogP contribution in [-0.2, 0) is 58.8 Å². The van der Waals surface area contributed by atoms with Crippen LogP contribution in [0.15, 0.2) is 29.2 Å². The van der Waals surface area contributed by atoms with Gasteiger partial charge in [-0.15, -0.1) is 0 Å². The van der Waals surface area contributed by atoms with Gasteiger partial charge in [0.1, 0.15) is 47.1 Å². The minimum Gasteiger partial charge on any atom is -0.492 e. The van der Waals surface area contributed by atoms with E-state index >= 15 is 0 Å². The molecule has 430 valence electrons. The number of aromatic carboxylic acids is 1. The summed E-state index contributed by atoms with van der Waals surface area (Å²) in [5.41, 5.74) is -4.87. The number of hydrogen-bond donors (Lipinski definition) is 5. The van der Waals surface area contributed by atoms with E-state index in [2.05, 4.69) is 5.32 Å². The molecular formula is C55H87N3O18. The van der Waals surface area contributed by atoms with Gasteiger partial charge in [0.25, 0.3) is 0 Å². The molecule has 5 rings (SSSR count). The smallest absolute Gasteiger partial charge is 0.341 e. The minimum absolute atomic E-state index is 0.00819. The number of aliphatic hydroxyl groups excluding tert-OH is 2. The molecule has 0 unspecified atom stereocenters. The van der Waals surface area contributed by atoms with E-state index in [1.807, 2.05) is 39.8 Å². The highest BCUT2D eigenvalue weighted by Crippen LogP contribution is 2.42. The summed E-state index contributed by atoms with van der Waals surface area (Å²) in [5.74, 6) is -6.20. The summed E-state index contributed by atoms with van der Waals surface area (Å²) < 4.78 is 58.8. The summed E-state index contributed by atoms with van der Waals surface area (Å²) in [5, 5.41) is 48.2. The fourth-order valence-corrected chi connectivity index (χ4v) is 11.4. The number of nitrogens with zero attached hydrogens (tertiary/aromatic N) is 2. The number of carbonyl (C=O) groups is 4. The molecule has 21 nitrogen and oxygen atoms in total. The number of carboxylic acids is 1. The predicted octanol–water partition coefficient (Wildman–Crippen LogP) is 4.08. The van der Waals surface area contributed by atoms with Crippen LogP contribution in [0.4, 0.5) is 0 Å². The first kappa shape index (κ1) is 62.7. The van der Waals surface area contributed by atoms with E-state index in [1.54, 1.807) is 64.3 Å². The molecule has 21 heteroatoms. The second kappa shape index (κ2) is 26.2. The number of carboxylic acid groups (broad SMARTS) is 1. The van der Waals surface area contributed by atoms with Gasteiger partial charge < -0.3 is 77.8 Å². The van der Waals surface area contributed by atoms with Gasteiger partial charge >= 0.3 is 17.9 Å². The van der Waals surface area contributed by atoms with Crippen LogP contribution < -0.4 is 15.5 Å². The number of likely N-dealkylation sites (N-methyl/N-ethyl adjacent to an activating group) is 1. The van der Waals surface area contributed by atoms with E-state index in [-0.39, 0.29) is 67.7 Å². The standard InChI is InChI=1S/C55H87N3O18/c1-16-40-55(11,67)47(63)31(5)43(60)29(3)26-53(9,68-14)48(76-52-45(62)39(57(12)13)24-30(4)71-52)32(6)46(33(7)51(66)73-40)75-42-27-54(10,69-15)49(34(8)72-42)74-41(59)20-21-56-22-23-70-35-18-19-36-38(25-35)58(17-2)28-37(44(36)61)50(64)65/h18-19,25,28-34,39-40,42,45-49,52,56,62-63,67H,16-17,20-24,26-27H2,1-15H3,(H,64,65)/t29-,30+,31-,32+,33+,34-,39-,40-,42+,45-,46+,47+,48-,49+,52-,53+,54-,55+/m0/s1. The van der Waals surface area contributed by atoms with Gasteiger partial charge in [0, 0.05) is 81.7 Å². The zero-order valence-corrected chi connectivity index (χ0v) is 47.2. The molecule has 2 aromatic rings. The summed E-state index contributed by atoms with van der Waals surface area (Å²) >= 11 is 0. The van der Waals surface area contributed by atoms with E-state index in [9.17, 15) is 44.4 Å². The van der Waals surface area contributed by atoms with Gasteiger partial charge in [-0.1, -0.05) is 27.7 Å². The van der Waals surface area contributed by atoms with Crippen molar-refractivity contribution in [3.63, 3.8) is 0 Å². The number of rotatable bonds is 18. The molecule has 3 fully saturated rings. The van der Waals surface area contributed by atoms with E-state index < -0.39 is 119 Å². The number of pyridine rings is 1. The molecule has 3 saturated heterocycles. The van der Waals surface area contributed by atoms with Gasteiger partial charge in [0.2, 0.25) is 5.43 Å². The summed E-state index contributed by atoms with van der Waals surface area (Å²) in [7, 11) is 6.70. The molecule has 3 aliphatic rings. The lowest BCUT2D eigenvalue weighted by Crippen LogP contribution is -2.61. The van der Waals surface area contributed by atoms with Crippen molar-refractivity contribution >= 4 is 34.6 Å². The number of Topliss-reactive ketones (excluding diaryl/α,β-unsaturated/α-hetero) is 1. The van der Waals surface area contributed by atoms with Crippen LogP contribution >= 0.6 is 0 Å². The number of fused-ring (bicyclic) bond motifs is 1. The maximum absolute atomic E-state index is 14.6. The maximum Gasteiger partial charge on any atom is 0.341 e. The van der Waals surface area contributed by atoms with Crippen molar-refractivity contribution in [1.29, 1.82) is 0 Å². The van der Waals surface area contributed by atoms with E-state index in [0.29, 0.717) is 30.8 Å². The molecule has 0 radical (unpaired) electrons. The topological polar surface area (TPSA) is 270 Å². The second-order valence-corrected chi connectivity index (χ2v) is 22.1. The van der Waals surface area contributed by atoms with Crippen LogP contribution in [0.3, 0.4) is 0 Å². The van der Waals surface area contributed by atoms with Crippen LogP contribution in [0.2, 0.25) is 0 Å². The number of aromatic nitrogens is 1. The number of ketones is 1. The molecule has 0 saturated carbocycles. The van der Waals surface area contributed by atoms with Gasteiger partial charge in [0.05, 0.1) is 54.0 Å². The predicted molar refractivity (Wildman–Crippen MR) is 279 cm³/mol. The molecule has 1 aromatic carbocycles. The molecule has 5 N–H and O–H groups in total. The van der Waals surface area contributed by atoms with E-state index in [4.69, 9.17) is 42.6 Å². The molecule has 3 aliphatic heterocycles. The normalized spacial score (nSPS) is 37.1. The number of ether oxygens (including phenoxy) is 9. The molecule has 18 atom stereocenters. The fourth-order valence-electron chi connectivity index (χ4n) is 11.4. The first-order chi connectivity index (χ1) is 35.6. The van der Waals surface area contributed by atoms with Crippen LogP contribution in [0.1, 0.15) is 119 Å². The zero-order chi connectivity index (χ0) is 56.8. The Kier molecular flexibility index (Phi) is 21.6. The fraction of sp³-hybridized carbons (Fsp3) is 0.764. The van der Waals surface area contributed by atoms with Gasteiger partial charge in [0.15, 0.2) is 18.7 Å². The third-order valence-electron chi connectivity index (χ3n) is 16.2. The molecule has 76 heavy (non-hydrogen) atoms. The number of nitrogens with one attached hydrogen (secondary N) is 1. The van der Waals surface area contributed by atoms with Crippen molar-refractivity contribution in [1.82, 2.24) is 14.8 Å². The lowest BCUT2D eigenvalue weighted by Gasteiger charge is -2.50. The van der Waals surface area contributed by atoms with Crippen molar-refractivity contribution in [2.45, 2.75) is 199 Å². The lowest BCUT2D eigenvalue weighted by molar-refractivity contribution is -0.320. The third kappa shape index (κ3) is 14.0. The number of aryl methyl sites for hydroxylation is 1. The summed E-state index contributed by atoms with van der Waals surface area (Å²) in [6, 6.07) is 4.50. The molecule has 0 amide bonds. The molecular weight excluding hydrogens is 991 g/mol. The number of carbonyl (C=O) groups excluding carboxylic acids is 3. The number of aliphatic hydroxyl groups is 3. The highest BCUT2D eigenvalue weighted by molar-refractivity contribution is 5.93. The number of esters is 2. The van der Waals surface area contributed by atoms with Crippen molar-refractivity contribution in [2.75, 3.05) is 48.0 Å². The zero-order valence-electron chi connectivity index (χ0n) is 47.2. The Labute approximate surface area is 447 Å². The first-order valence-corrected chi connectivity index (χ1v) is 26.7. The van der Waals surface area contributed by atoms with Gasteiger partial charge in [-0.25, -0.2) is 4.79 Å². The molecule has 0 spiro atoms. The Hall–Kier alpha value is -4.13. The summed E-state index contributed by atoms with van der Waals surface area (Å²) in [6.07, 6.45) is -8.37. The van der Waals surface area contributed by atoms with Crippen molar-refractivity contribution in [2.24, 2.45) is 23.7 Å². The van der Waals surface area contributed by atoms with Gasteiger partial charge in [-0.05, 0) is 94.0 Å². The Bertz CT molecular complexity index is 2360. The number of hydrogen-bond acceptors (Lipinski definition) is 19. The van der Waals surface area contributed by atoms with E-state index in [0.717, 1.165) is 0 Å². The maximum atomic E-state index is 14.6. The number of benzene rings is 1. The monoisotopic (exact) mass is 1080 g/mol. The second-order valence-electron chi connectivity index (χ2n) is 22.1. The van der Waals surface area contributed by atoms with Crippen molar-refractivity contribution < 1.29 is 82.2 Å². The molecule has 0 aliphatic carbocycles. The minimum atomic E-state index is -2.03. The Balaban J connectivity index is 1.35. The first-order valence-electron chi connectivity index (χ1n) is 26.7. The Morgan fingerprint density at radius 1 is 0.895 bits per heavy atom. The molecule has 4 heterocycles. The SMILES string of the molecule is CC[C@@H]1OC(=O)[C@H](C)[C@H](O[C@@H]2C[C@](C)(OC)[C@H](OC(=O)CCNCCOc3ccc4c(=O)c(C(=O)O)cn(CC)c4c3)[C@H](C)O2)[C@@H](C)[C@H](O[C@@H]2O[C@H](C)C[C@H](N(C)C)[C@@H]2O)[C@](C)(OC)C[C@H](C)C(=O)[C@H](C)[C@@H](O)[C@]1(C)O. The van der Waals surface area contributed by atoms with E-state index in [1.165, 1.54) is 34.3 Å². The van der Waals surface area contributed by atoms with Gasteiger partial charge in [-0.2, -0.15) is 0 Å². The largest absolute Gasteiger partial charge is 0.492 e. The quantitative estimate of drug-likeness (QED) is 0.104. The average molecular weight is 1080 g/mol. The highest BCUT2D eigenvalue weighted by atomic mass is 16.7. The molecule has 1 aromatic heterocycles. The van der Waals surface area contributed by atoms with Crippen molar-refractivity contribution in [3.8, 4) is 5.75 Å². The van der Waals surface area contributed by atoms with Gasteiger partial charge in [-0.3, -0.25) is 19.2 Å². The highest BCUT2D eigenvalue weighted by Gasteiger charge is 2.55.